The number of carbonyl (C=O) groups is 1. The number of aliphatic carboxylic acids is 1. The molecule has 0 radical (unpaired) electrons. The maximum absolute atomic E-state index is 10.8. The van der Waals surface area contributed by atoms with E-state index in [1.807, 2.05) is 37.9 Å². The van der Waals surface area contributed by atoms with Gasteiger partial charge in [0.15, 0.2) is 0 Å². The molecular formula is C14H21NO4. The fourth-order valence-corrected chi connectivity index (χ4v) is 2.04. The number of rotatable bonds is 6. The van der Waals surface area contributed by atoms with Crippen LogP contribution in [0.3, 0.4) is 0 Å². The molecule has 1 atom stereocenters. The summed E-state index contributed by atoms with van der Waals surface area (Å²) in [5.74, 6) is 0.641. The van der Waals surface area contributed by atoms with Crippen molar-refractivity contribution in [1.29, 1.82) is 0 Å². The number of carboxylic acids is 1. The summed E-state index contributed by atoms with van der Waals surface area (Å²) >= 11 is 0. The zero-order valence-corrected chi connectivity index (χ0v) is 12.1. The summed E-state index contributed by atoms with van der Waals surface area (Å²) in [6.45, 7) is 3.78. The van der Waals surface area contributed by atoms with Gasteiger partial charge in [-0.3, -0.25) is 4.79 Å². The number of carboxylic acid groups (broad SMARTS) is 1. The first-order valence-corrected chi connectivity index (χ1v) is 6.08. The minimum atomic E-state index is -0.816. The molecule has 106 valence electrons. The van der Waals surface area contributed by atoms with Gasteiger partial charge in [0, 0.05) is 18.7 Å². The number of nitrogens with zero attached hydrogens (tertiary/aromatic N) is 1. The average molecular weight is 267 g/mol. The van der Waals surface area contributed by atoms with Crippen molar-refractivity contribution in [3.63, 3.8) is 0 Å². The van der Waals surface area contributed by atoms with Crippen LogP contribution < -0.4 is 14.4 Å². The third-order valence-corrected chi connectivity index (χ3v) is 3.27. The predicted octanol–water partition coefficient (Wildman–Crippen LogP) is 2.31. The maximum Gasteiger partial charge on any atom is 0.305 e. The highest BCUT2D eigenvalue weighted by Gasteiger charge is 2.19. The Bertz CT molecular complexity index is 459. The molecule has 1 rings (SSSR count). The van der Waals surface area contributed by atoms with Crippen molar-refractivity contribution in [2.24, 2.45) is 0 Å². The second-order valence-electron chi connectivity index (χ2n) is 4.50. The van der Waals surface area contributed by atoms with E-state index in [9.17, 15) is 4.79 Å². The molecule has 19 heavy (non-hydrogen) atoms. The van der Waals surface area contributed by atoms with Gasteiger partial charge in [-0.05, 0) is 26.0 Å². The van der Waals surface area contributed by atoms with E-state index < -0.39 is 5.97 Å². The molecule has 0 aliphatic rings. The molecule has 1 aromatic rings. The molecular weight excluding hydrogens is 246 g/mol. The van der Waals surface area contributed by atoms with Crippen LogP contribution in [0.2, 0.25) is 0 Å². The fraction of sp³-hybridized carbons (Fsp3) is 0.500. The van der Waals surface area contributed by atoms with E-state index in [-0.39, 0.29) is 12.5 Å². The maximum atomic E-state index is 10.8. The van der Waals surface area contributed by atoms with E-state index in [2.05, 4.69) is 0 Å². The number of hydrogen-bond acceptors (Lipinski definition) is 4. The number of hydrogen-bond donors (Lipinski definition) is 1. The summed E-state index contributed by atoms with van der Waals surface area (Å²) in [5, 5.41) is 8.87. The van der Waals surface area contributed by atoms with E-state index in [4.69, 9.17) is 14.6 Å². The first-order valence-electron chi connectivity index (χ1n) is 6.08. The van der Waals surface area contributed by atoms with Gasteiger partial charge in [0.05, 0.1) is 26.3 Å². The van der Waals surface area contributed by atoms with E-state index in [0.29, 0.717) is 5.75 Å². The van der Waals surface area contributed by atoms with Crippen molar-refractivity contribution in [3.8, 4) is 11.5 Å². The smallest absolute Gasteiger partial charge is 0.305 e. The Hall–Kier alpha value is -1.91. The van der Waals surface area contributed by atoms with E-state index >= 15 is 0 Å². The predicted molar refractivity (Wildman–Crippen MR) is 74.4 cm³/mol. The van der Waals surface area contributed by atoms with E-state index in [0.717, 1.165) is 17.0 Å². The lowest BCUT2D eigenvalue weighted by atomic mass is 10.1. The van der Waals surface area contributed by atoms with Crippen molar-refractivity contribution in [2.45, 2.75) is 26.3 Å². The quantitative estimate of drug-likeness (QED) is 0.857. The van der Waals surface area contributed by atoms with Crippen molar-refractivity contribution in [2.75, 3.05) is 26.2 Å². The minimum absolute atomic E-state index is 0.0741. The Morgan fingerprint density at radius 1 is 1.37 bits per heavy atom. The van der Waals surface area contributed by atoms with Gasteiger partial charge in [-0.25, -0.2) is 0 Å². The van der Waals surface area contributed by atoms with Crippen molar-refractivity contribution in [1.82, 2.24) is 0 Å². The van der Waals surface area contributed by atoms with Gasteiger partial charge in [-0.2, -0.15) is 0 Å². The Balaban J connectivity index is 3.12. The Kier molecular flexibility index (Phi) is 5.03. The van der Waals surface area contributed by atoms with Crippen molar-refractivity contribution < 1.29 is 19.4 Å². The highest BCUT2D eigenvalue weighted by atomic mass is 16.5. The first-order chi connectivity index (χ1) is 8.92. The molecule has 5 nitrogen and oxygen atoms in total. The number of ether oxygens (including phenoxy) is 2. The van der Waals surface area contributed by atoms with Crippen LogP contribution in [0, 0.1) is 6.92 Å². The van der Waals surface area contributed by atoms with E-state index in [1.165, 1.54) is 0 Å². The van der Waals surface area contributed by atoms with Crippen molar-refractivity contribution in [3.05, 3.63) is 17.7 Å². The normalized spacial score (nSPS) is 11.8. The summed E-state index contributed by atoms with van der Waals surface area (Å²) in [5.41, 5.74) is 1.76. The zero-order valence-electron chi connectivity index (χ0n) is 12.1. The molecule has 1 unspecified atom stereocenters. The van der Waals surface area contributed by atoms with Crippen LogP contribution in [0.5, 0.6) is 11.5 Å². The molecule has 0 aromatic heterocycles. The molecule has 0 fully saturated rings. The lowest BCUT2D eigenvalue weighted by Crippen LogP contribution is -2.31. The van der Waals surface area contributed by atoms with Crippen molar-refractivity contribution >= 4 is 11.7 Å². The standard InChI is InChI=1S/C14H21NO4/c1-9(8-13(16)17)15(3)11-6-7-12(18-4)10(2)14(11)19-5/h6-7,9H,8H2,1-5H3,(H,16,17). The van der Waals surface area contributed by atoms with Gasteiger partial charge >= 0.3 is 5.97 Å². The third kappa shape index (κ3) is 3.30. The monoisotopic (exact) mass is 267 g/mol. The van der Waals surface area contributed by atoms with Crippen LogP contribution in [-0.2, 0) is 4.79 Å². The van der Waals surface area contributed by atoms with Crippen LogP contribution in [0.25, 0.3) is 0 Å². The average Bonchev–Trinajstić information content (AvgIpc) is 2.36. The van der Waals surface area contributed by atoms with Crippen LogP contribution in [0.4, 0.5) is 5.69 Å². The molecule has 0 heterocycles. The highest BCUT2D eigenvalue weighted by Crippen LogP contribution is 2.37. The molecule has 0 aliphatic carbocycles. The summed E-state index contributed by atoms with van der Waals surface area (Å²) in [6, 6.07) is 3.61. The zero-order chi connectivity index (χ0) is 14.6. The van der Waals surface area contributed by atoms with E-state index in [1.54, 1.807) is 14.2 Å². The van der Waals surface area contributed by atoms with Gasteiger partial charge in [0.2, 0.25) is 0 Å². The van der Waals surface area contributed by atoms with Crippen LogP contribution in [0.1, 0.15) is 18.9 Å². The topological polar surface area (TPSA) is 59.0 Å². The molecule has 0 spiro atoms. The van der Waals surface area contributed by atoms with Crippen LogP contribution in [0.15, 0.2) is 12.1 Å². The molecule has 0 saturated carbocycles. The minimum Gasteiger partial charge on any atom is -0.496 e. The summed E-state index contributed by atoms with van der Waals surface area (Å²) in [7, 11) is 5.07. The second kappa shape index (κ2) is 6.31. The van der Waals surface area contributed by atoms with Gasteiger partial charge in [-0.1, -0.05) is 0 Å². The molecule has 0 amide bonds. The lowest BCUT2D eigenvalue weighted by Gasteiger charge is -2.28. The third-order valence-electron chi connectivity index (χ3n) is 3.27. The number of methoxy groups -OCH3 is 2. The SMILES string of the molecule is COc1ccc(N(C)C(C)CC(=O)O)c(OC)c1C. The van der Waals surface area contributed by atoms with Gasteiger partial charge in [0.25, 0.3) is 0 Å². The Morgan fingerprint density at radius 3 is 2.47 bits per heavy atom. The summed E-state index contributed by atoms with van der Waals surface area (Å²) in [6.07, 6.45) is 0.0741. The second-order valence-corrected chi connectivity index (χ2v) is 4.50. The molecule has 0 aliphatic heterocycles. The van der Waals surface area contributed by atoms with Gasteiger partial charge in [-0.15, -0.1) is 0 Å². The fourth-order valence-electron chi connectivity index (χ4n) is 2.04. The number of benzene rings is 1. The molecule has 0 saturated heterocycles. The molecule has 1 aromatic carbocycles. The Labute approximate surface area is 113 Å². The highest BCUT2D eigenvalue weighted by molar-refractivity contribution is 5.70. The largest absolute Gasteiger partial charge is 0.496 e. The number of anilines is 1. The van der Waals surface area contributed by atoms with Gasteiger partial charge < -0.3 is 19.5 Å². The lowest BCUT2D eigenvalue weighted by molar-refractivity contribution is -0.137. The summed E-state index contributed by atoms with van der Waals surface area (Å²) < 4.78 is 10.7. The Morgan fingerprint density at radius 2 is 2.00 bits per heavy atom. The molecule has 5 heteroatoms. The molecule has 1 N–H and O–H groups in total. The van der Waals surface area contributed by atoms with Crippen LogP contribution >= 0.6 is 0 Å². The van der Waals surface area contributed by atoms with Gasteiger partial charge in [0.1, 0.15) is 11.5 Å². The van der Waals surface area contributed by atoms with Crippen LogP contribution in [-0.4, -0.2) is 38.4 Å². The summed E-state index contributed by atoms with van der Waals surface area (Å²) in [4.78, 5) is 12.7. The molecule has 0 bridgehead atoms. The first kappa shape index (κ1) is 15.1.